The summed E-state index contributed by atoms with van der Waals surface area (Å²) in [6.07, 6.45) is 4.04. The summed E-state index contributed by atoms with van der Waals surface area (Å²) in [5.41, 5.74) is 0. The van der Waals surface area contributed by atoms with Crippen LogP contribution in [0, 0.1) is 0 Å². The lowest BCUT2D eigenvalue weighted by Crippen LogP contribution is -2.58. The van der Waals surface area contributed by atoms with Gasteiger partial charge in [-0.05, 0) is 33.1 Å². The van der Waals surface area contributed by atoms with E-state index in [9.17, 15) is 4.79 Å². The normalized spacial score (nSPS) is 28.6. The maximum absolute atomic E-state index is 11.9. The topological polar surface area (TPSA) is 44.8 Å². The number of piperidine rings is 1. The molecule has 0 aromatic carbocycles. The van der Waals surface area contributed by atoms with Gasteiger partial charge in [-0.15, -0.1) is 0 Å². The average molecular weight is 297 g/mol. The van der Waals surface area contributed by atoms with Gasteiger partial charge in [0.25, 0.3) is 0 Å². The predicted octanol–water partition coefficient (Wildman–Crippen LogP) is 2.07. The van der Waals surface area contributed by atoms with Crippen LogP contribution in [0.3, 0.4) is 0 Å². The van der Waals surface area contributed by atoms with Crippen LogP contribution >= 0.6 is 0 Å². The smallest absolute Gasteiger partial charge is 0.409 e. The molecule has 21 heavy (non-hydrogen) atoms. The molecule has 1 amide bonds. The number of nitrogens with one attached hydrogen (secondary N) is 1. The summed E-state index contributed by atoms with van der Waals surface area (Å²) < 4.78 is 5.30. The molecular formula is C16H31N3O2. The molecule has 0 bridgehead atoms. The van der Waals surface area contributed by atoms with E-state index in [4.69, 9.17) is 4.74 Å². The second-order valence-corrected chi connectivity index (χ2v) is 6.61. The zero-order valence-corrected chi connectivity index (χ0v) is 13.8. The fraction of sp³-hybridized carbons (Fsp3) is 0.938. The van der Waals surface area contributed by atoms with E-state index in [1.54, 1.807) is 0 Å². The highest BCUT2D eigenvalue weighted by Crippen LogP contribution is 2.19. The Morgan fingerprint density at radius 1 is 1.19 bits per heavy atom. The zero-order valence-electron chi connectivity index (χ0n) is 13.8. The fourth-order valence-electron chi connectivity index (χ4n) is 3.48. The number of unbranched alkanes of at least 4 members (excludes halogenated alkanes) is 1. The van der Waals surface area contributed by atoms with Gasteiger partial charge in [-0.2, -0.15) is 0 Å². The van der Waals surface area contributed by atoms with Gasteiger partial charge in [0.1, 0.15) is 0 Å². The molecule has 2 aliphatic heterocycles. The van der Waals surface area contributed by atoms with Crippen LogP contribution in [0.25, 0.3) is 0 Å². The number of hydrogen-bond donors (Lipinski definition) is 1. The van der Waals surface area contributed by atoms with Gasteiger partial charge in [0, 0.05) is 44.3 Å². The van der Waals surface area contributed by atoms with Gasteiger partial charge in [0.2, 0.25) is 0 Å². The molecule has 0 spiro atoms. The van der Waals surface area contributed by atoms with Crippen molar-refractivity contribution in [1.82, 2.24) is 15.1 Å². The Morgan fingerprint density at radius 2 is 1.81 bits per heavy atom. The summed E-state index contributed by atoms with van der Waals surface area (Å²) in [7, 11) is 0. The number of piperazine rings is 1. The van der Waals surface area contributed by atoms with Crippen molar-refractivity contribution in [2.24, 2.45) is 0 Å². The molecule has 5 nitrogen and oxygen atoms in total. The van der Waals surface area contributed by atoms with Gasteiger partial charge < -0.3 is 15.0 Å². The van der Waals surface area contributed by atoms with E-state index in [0.29, 0.717) is 24.7 Å². The van der Waals surface area contributed by atoms with Crippen LogP contribution in [-0.2, 0) is 4.74 Å². The quantitative estimate of drug-likeness (QED) is 0.807. The highest BCUT2D eigenvalue weighted by Gasteiger charge is 2.31. The van der Waals surface area contributed by atoms with E-state index in [1.807, 2.05) is 4.90 Å². The maximum Gasteiger partial charge on any atom is 0.409 e. The van der Waals surface area contributed by atoms with Gasteiger partial charge in [-0.3, -0.25) is 4.90 Å². The lowest BCUT2D eigenvalue weighted by molar-refractivity contribution is 0.0559. The third kappa shape index (κ3) is 4.85. The second kappa shape index (κ2) is 7.99. The summed E-state index contributed by atoms with van der Waals surface area (Å²) in [4.78, 5) is 16.4. The van der Waals surface area contributed by atoms with Crippen molar-refractivity contribution in [3.8, 4) is 0 Å². The number of hydrogen-bond acceptors (Lipinski definition) is 4. The molecule has 0 aromatic heterocycles. The molecule has 2 saturated heterocycles. The van der Waals surface area contributed by atoms with E-state index >= 15 is 0 Å². The van der Waals surface area contributed by atoms with E-state index in [2.05, 4.69) is 31.0 Å². The molecule has 0 unspecified atom stereocenters. The highest BCUT2D eigenvalue weighted by atomic mass is 16.6. The van der Waals surface area contributed by atoms with Crippen LogP contribution < -0.4 is 5.32 Å². The Morgan fingerprint density at radius 3 is 2.38 bits per heavy atom. The second-order valence-electron chi connectivity index (χ2n) is 6.61. The van der Waals surface area contributed by atoms with Crippen LogP contribution in [0.4, 0.5) is 4.79 Å². The number of nitrogens with zero attached hydrogens (tertiary/aromatic N) is 2. The monoisotopic (exact) mass is 297 g/mol. The first-order valence-electron chi connectivity index (χ1n) is 8.52. The summed E-state index contributed by atoms with van der Waals surface area (Å²) in [6.45, 7) is 11.1. The Kier molecular flexibility index (Phi) is 6.30. The summed E-state index contributed by atoms with van der Waals surface area (Å²) in [5, 5.41) is 3.58. The standard InChI is InChI=1S/C16H31N3O2/c1-4-5-10-21-16(20)18-8-6-15(7-9-18)19-11-13(2)17-14(3)12-19/h13-15,17H,4-12H2,1-3H3/t13-,14+. The van der Waals surface area contributed by atoms with Gasteiger partial charge >= 0.3 is 6.09 Å². The van der Waals surface area contributed by atoms with E-state index in [-0.39, 0.29) is 6.09 Å². The zero-order chi connectivity index (χ0) is 15.2. The number of rotatable bonds is 4. The molecule has 122 valence electrons. The molecule has 1 N–H and O–H groups in total. The van der Waals surface area contributed by atoms with Crippen LogP contribution in [0.5, 0.6) is 0 Å². The highest BCUT2D eigenvalue weighted by molar-refractivity contribution is 5.67. The molecule has 2 rings (SSSR count). The molecule has 2 heterocycles. The first kappa shape index (κ1) is 16.6. The van der Waals surface area contributed by atoms with Gasteiger partial charge in [0.15, 0.2) is 0 Å². The lowest BCUT2D eigenvalue weighted by Gasteiger charge is -2.43. The number of amides is 1. The maximum atomic E-state index is 11.9. The first-order chi connectivity index (χ1) is 10.1. The van der Waals surface area contributed by atoms with Gasteiger partial charge in [-0.25, -0.2) is 4.79 Å². The molecule has 2 atom stereocenters. The SMILES string of the molecule is CCCCOC(=O)N1CCC(N2C[C@@H](C)N[C@@H](C)C2)CC1. The van der Waals surface area contributed by atoms with Crippen molar-refractivity contribution in [2.45, 2.75) is 64.6 Å². The van der Waals surface area contributed by atoms with Crippen LogP contribution in [0.1, 0.15) is 46.5 Å². The van der Waals surface area contributed by atoms with Gasteiger partial charge in [-0.1, -0.05) is 13.3 Å². The van der Waals surface area contributed by atoms with Crippen molar-refractivity contribution < 1.29 is 9.53 Å². The van der Waals surface area contributed by atoms with Crippen LogP contribution in [-0.4, -0.2) is 66.8 Å². The molecule has 0 aromatic rings. The number of likely N-dealkylation sites (tertiary alicyclic amines) is 1. The molecule has 0 aliphatic carbocycles. The van der Waals surface area contributed by atoms with Crippen molar-refractivity contribution >= 4 is 6.09 Å². The predicted molar refractivity (Wildman–Crippen MR) is 84.5 cm³/mol. The lowest BCUT2D eigenvalue weighted by atomic mass is 10.0. The minimum atomic E-state index is -0.121. The third-order valence-electron chi connectivity index (χ3n) is 4.55. The average Bonchev–Trinajstić information content (AvgIpc) is 2.46. The van der Waals surface area contributed by atoms with Crippen molar-refractivity contribution in [3.63, 3.8) is 0 Å². The Labute approximate surface area is 129 Å². The minimum absolute atomic E-state index is 0.121. The van der Waals surface area contributed by atoms with Crippen molar-refractivity contribution in [2.75, 3.05) is 32.8 Å². The number of carbonyl (C=O) groups is 1. The Hall–Kier alpha value is -0.810. The first-order valence-corrected chi connectivity index (χ1v) is 8.52. The summed E-state index contributed by atoms with van der Waals surface area (Å²) >= 11 is 0. The number of carbonyl (C=O) groups excluding carboxylic acids is 1. The minimum Gasteiger partial charge on any atom is -0.449 e. The van der Waals surface area contributed by atoms with Crippen LogP contribution in [0.2, 0.25) is 0 Å². The third-order valence-corrected chi connectivity index (χ3v) is 4.55. The largest absolute Gasteiger partial charge is 0.449 e. The van der Waals surface area contributed by atoms with E-state index in [0.717, 1.165) is 51.9 Å². The Bertz CT molecular complexity index is 319. The Balaban J connectivity index is 1.73. The van der Waals surface area contributed by atoms with E-state index in [1.165, 1.54) is 0 Å². The molecule has 0 radical (unpaired) electrons. The molecule has 0 saturated carbocycles. The van der Waals surface area contributed by atoms with E-state index < -0.39 is 0 Å². The molecule has 5 heteroatoms. The van der Waals surface area contributed by atoms with Crippen molar-refractivity contribution in [3.05, 3.63) is 0 Å². The fourth-order valence-corrected chi connectivity index (χ4v) is 3.48. The summed E-state index contributed by atoms with van der Waals surface area (Å²) in [6, 6.07) is 1.74. The number of ether oxygens (including phenoxy) is 1. The molecule has 2 aliphatic rings. The molecule has 2 fully saturated rings. The van der Waals surface area contributed by atoms with Gasteiger partial charge in [0.05, 0.1) is 6.61 Å². The molecular weight excluding hydrogens is 266 g/mol. The van der Waals surface area contributed by atoms with Crippen LogP contribution in [0.15, 0.2) is 0 Å². The summed E-state index contributed by atoms with van der Waals surface area (Å²) in [5.74, 6) is 0. The van der Waals surface area contributed by atoms with Crippen molar-refractivity contribution in [1.29, 1.82) is 0 Å².